The Kier molecular flexibility index (Phi) is 6.51. The van der Waals surface area contributed by atoms with Crippen molar-refractivity contribution in [2.75, 3.05) is 6.54 Å². The summed E-state index contributed by atoms with van der Waals surface area (Å²) in [4.78, 5) is 12.6. The quantitative estimate of drug-likeness (QED) is 0.302. The fourth-order valence-electron chi connectivity index (χ4n) is 3.50. The predicted octanol–water partition coefficient (Wildman–Crippen LogP) is 6.22. The van der Waals surface area contributed by atoms with Gasteiger partial charge in [0.2, 0.25) is 0 Å². The van der Waals surface area contributed by atoms with Crippen molar-refractivity contribution in [3.8, 4) is 28.3 Å². The number of halogens is 2. The summed E-state index contributed by atoms with van der Waals surface area (Å²) in [5.41, 5.74) is 4.26. The Morgan fingerprint density at radius 1 is 0.969 bits per heavy atom. The average Bonchev–Trinajstić information content (AvgIpc) is 3.24. The molecule has 0 atom stereocenters. The van der Waals surface area contributed by atoms with Crippen molar-refractivity contribution >= 4 is 23.2 Å². The number of nitrogens with zero attached hydrogens (tertiary/aromatic N) is 2. The lowest BCUT2D eigenvalue weighted by Crippen LogP contribution is -2.33. The zero-order valence-electron chi connectivity index (χ0n) is 17.9. The lowest BCUT2D eigenvalue weighted by Gasteiger charge is -2.23. The molecule has 0 unspecified atom stereocenters. The Hall–Kier alpha value is -2.86. The number of hydrogen-bond acceptors (Lipinski definition) is 4. The first-order valence-electron chi connectivity index (χ1n) is 10.3. The van der Waals surface area contributed by atoms with Crippen LogP contribution in [0.4, 0.5) is 0 Å². The van der Waals surface area contributed by atoms with E-state index in [9.17, 15) is 5.11 Å². The number of hydrogen-bond donors (Lipinski definition) is 3. The van der Waals surface area contributed by atoms with Gasteiger partial charge in [0.1, 0.15) is 11.6 Å². The van der Waals surface area contributed by atoms with Crippen molar-refractivity contribution in [3.63, 3.8) is 0 Å². The Morgan fingerprint density at radius 2 is 1.69 bits per heavy atom. The van der Waals surface area contributed by atoms with Gasteiger partial charge in [-0.3, -0.25) is 4.98 Å². The van der Waals surface area contributed by atoms with Gasteiger partial charge in [0.05, 0.1) is 16.4 Å². The molecular formula is C25H24Cl2N4O. The topological polar surface area (TPSA) is 73.8 Å². The van der Waals surface area contributed by atoms with Crippen LogP contribution < -0.4 is 5.32 Å². The van der Waals surface area contributed by atoms with E-state index in [0.717, 1.165) is 39.9 Å². The van der Waals surface area contributed by atoms with Gasteiger partial charge in [0.15, 0.2) is 0 Å². The smallest absolute Gasteiger partial charge is 0.134 e. The van der Waals surface area contributed by atoms with Crippen molar-refractivity contribution < 1.29 is 5.11 Å². The van der Waals surface area contributed by atoms with Gasteiger partial charge in [-0.15, -0.1) is 0 Å². The van der Waals surface area contributed by atoms with Gasteiger partial charge in [-0.2, -0.15) is 0 Å². The van der Waals surface area contributed by atoms with Gasteiger partial charge in [0, 0.05) is 47.0 Å². The van der Waals surface area contributed by atoms with E-state index in [0.29, 0.717) is 11.6 Å². The van der Waals surface area contributed by atoms with E-state index in [1.54, 1.807) is 24.5 Å². The molecule has 2 heterocycles. The highest BCUT2D eigenvalue weighted by Gasteiger charge is 2.27. The van der Waals surface area contributed by atoms with Crippen LogP contribution in [-0.4, -0.2) is 26.6 Å². The molecule has 0 amide bonds. The van der Waals surface area contributed by atoms with E-state index in [4.69, 9.17) is 28.2 Å². The van der Waals surface area contributed by atoms with Gasteiger partial charge >= 0.3 is 0 Å². The third-order valence-electron chi connectivity index (χ3n) is 5.34. The van der Waals surface area contributed by atoms with Crippen LogP contribution in [0.2, 0.25) is 10.0 Å². The number of H-pyrrole nitrogens is 1. The molecule has 5 nitrogen and oxygen atoms in total. The monoisotopic (exact) mass is 466 g/mol. The van der Waals surface area contributed by atoms with Crippen LogP contribution in [-0.2, 0) is 12.0 Å². The lowest BCUT2D eigenvalue weighted by atomic mass is 9.92. The highest BCUT2D eigenvalue weighted by molar-refractivity contribution is 6.32. The summed E-state index contributed by atoms with van der Waals surface area (Å²) in [6.07, 6.45) is 3.50. The highest BCUT2D eigenvalue weighted by atomic mass is 35.5. The number of rotatable bonds is 7. The summed E-state index contributed by atoms with van der Waals surface area (Å²) in [6.45, 7) is 5.72. The highest BCUT2D eigenvalue weighted by Crippen LogP contribution is 2.36. The fourth-order valence-corrected chi connectivity index (χ4v) is 3.74. The largest absolute Gasteiger partial charge is 0.506 e. The summed E-state index contributed by atoms with van der Waals surface area (Å²) >= 11 is 12.0. The predicted molar refractivity (Wildman–Crippen MR) is 130 cm³/mol. The molecule has 0 saturated carbocycles. The summed E-state index contributed by atoms with van der Waals surface area (Å²) in [5, 5.41) is 14.7. The number of aromatic amines is 1. The van der Waals surface area contributed by atoms with Gasteiger partial charge in [-0.1, -0.05) is 55.2 Å². The van der Waals surface area contributed by atoms with Crippen LogP contribution in [0.5, 0.6) is 5.75 Å². The molecule has 0 fully saturated rings. The van der Waals surface area contributed by atoms with Crippen LogP contribution in [0.1, 0.15) is 25.2 Å². The molecule has 0 spiro atoms. The van der Waals surface area contributed by atoms with Crippen molar-refractivity contribution in [2.45, 2.75) is 25.8 Å². The second-order valence-corrected chi connectivity index (χ2v) is 9.17. The van der Waals surface area contributed by atoms with Gasteiger partial charge in [-0.05, 0) is 42.0 Å². The zero-order chi connectivity index (χ0) is 22.7. The normalized spacial score (nSPS) is 11.6. The van der Waals surface area contributed by atoms with E-state index in [-0.39, 0.29) is 11.2 Å². The summed E-state index contributed by atoms with van der Waals surface area (Å²) in [5.74, 6) is 0.871. The number of nitrogens with one attached hydrogen (secondary N) is 2. The molecule has 0 aliphatic rings. The van der Waals surface area contributed by atoms with E-state index < -0.39 is 0 Å². The average molecular weight is 467 g/mol. The number of benzene rings is 2. The third kappa shape index (κ3) is 4.96. The SMILES string of the molecule is CC(C)(CNCc1ccc(Cl)cc1)c1nc(-c2ccc(Cl)c(O)c2)c(-c2ccncc2)[nH]1. The minimum absolute atomic E-state index is 0.0262. The minimum atomic E-state index is -0.277. The molecule has 7 heteroatoms. The van der Waals surface area contributed by atoms with Crippen LogP contribution >= 0.6 is 23.2 Å². The maximum absolute atomic E-state index is 10.1. The molecule has 32 heavy (non-hydrogen) atoms. The standard InChI is InChI=1S/C25H24Cl2N4O/c1-25(2,15-29-14-16-3-6-19(26)7-4-16)24-30-22(17-9-11-28-12-10-17)23(31-24)18-5-8-20(27)21(32)13-18/h3-13,29,32H,14-15H2,1-2H3,(H,30,31). The number of aromatic nitrogens is 3. The van der Waals surface area contributed by atoms with E-state index >= 15 is 0 Å². The summed E-state index contributed by atoms with van der Waals surface area (Å²) < 4.78 is 0. The van der Waals surface area contributed by atoms with Crippen molar-refractivity contribution in [2.24, 2.45) is 0 Å². The first kappa shape index (κ1) is 22.3. The molecule has 164 valence electrons. The van der Waals surface area contributed by atoms with Crippen LogP contribution in [0.25, 0.3) is 22.5 Å². The Balaban J connectivity index is 1.63. The lowest BCUT2D eigenvalue weighted by molar-refractivity contribution is 0.448. The van der Waals surface area contributed by atoms with Crippen LogP contribution in [0.15, 0.2) is 67.0 Å². The molecule has 4 rings (SSSR count). The summed E-state index contributed by atoms with van der Waals surface area (Å²) in [6, 6.07) is 16.9. The van der Waals surface area contributed by atoms with Crippen molar-refractivity contribution in [3.05, 3.63) is 88.4 Å². The number of aromatic hydroxyl groups is 1. The molecule has 2 aromatic heterocycles. The second-order valence-electron chi connectivity index (χ2n) is 8.32. The van der Waals surface area contributed by atoms with Gasteiger partial charge in [0.25, 0.3) is 0 Å². The Labute approximate surface area is 197 Å². The number of imidazole rings is 1. The molecule has 0 bridgehead atoms. The van der Waals surface area contributed by atoms with E-state index in [1.807, 2.05) is 42.5 Å². The maximum atomic E-state index is 10.1. The van der Waals surface area contributed by atoms with Gasteiger partial charge < -0.3 is 15.4 Å². The molecule has 0 saturated heterocycles. The van der Waals surface area contributed by atoms with E-state index in [2.05, 4.69) is 29.1 Å². The molecule has 2 aromatic carbocycles. The number of phenolic OH excluding ortho intramolecular Hbond substituents is 1. The number of pyridine rings is 1. The molecule has 0 radical (unpaired) electrons. The van der Waals surface area contributed by atoms with Crippen LogP contribution in [0, 0.1) is 0 Å². The minimum Gasteiger partial charge on any atom is -0.506 e. The molecular weight excluding hydrogens is 443 g/mol. The zero-order valence-corrected chi connectivity index (χ0v) is 19.4. The van der Waals surface area contributed by atoms with Gasteiger partial charge in [-0.25, -0.2) is 4.98 Å². The first-order valence-corrected chi connectivity index (χ1v) is 11.0. The van der Waals surface area contributed by atoms with E-state index in [1.165, 1.54) is 5.56 Å². The third-order valence-corrected chi connectivity index (χ3v) is 5.91. The molecule has 4 aromatic rings. The molecule has 0 aliphatic carbocycles. The Morgan fingerprint density at radius 3 is 2.38 bits per heavy atom. The second kappa shape index (κ2) is 9.33. The maximum Gasteiger partial charge on any atom is 0.134 e. The van der Waals surface area contributed by atoms with Crippen molar-refractivity contribution in [1.29, 1.82) is 0 Å². The molecule has 3 N–H and O–H groups in total. The fraction of sp³-hybridized carbons (Fsp3) is 0.200. The first-order chi connectivity index (χ1) is 15.3. The number of phenols is 1. The summed E-state index contributed by atoms with van der Waals surface area (Å²) in [7, 11) is 0. The Bertz CT molecular complexity index is 1200. The molecule has 0 aliphatic heterocycles. The van der Waals surface area contributed by atoms with Crippen LogP contribution in [0.3, 0.4) is 0 Å². The van der Waals surface area contributed by atoms with Crippen molar-refractivity contribution in [1.82, 2.24) is 20.3 Å².